The van der Waals surface area contributed by atoms with Crippen molar-refractivity contribution in [3.05, 3.63) is 81.1 Å². The van der Waals surface area contributed by atoms with Gasteiger partial charge in [0.15, 0.2) is 17.3 Å². The highest BCUT2D eigenvalue weighted by atomic mass is 35.5. The van der Waals surface area contributed by atoms with Gasteiger partial charge >= 0.3 is 0 Å². The minimum absolute atomic E-state index is 0.176. The average molecular weight is 522 g/mol. The molecule has 37 heavy (non-hydrogen) atoms. The quantitative estimate of drug-likeness (QED) is 0.370. The van der Waals surface area contributed by atoms with Gasteiger partial charge in [-0.2, -0.15) is 0 Å². The number of hydrogen-bond donors (Lipinski definition) is 0. The molecule has 0 fully saturated rings. The van der Waals surface area contributed by atoms with E-state index in [1.54, 1.807) is 39.5 Å². The molecule has 0 saturated carbocycles. The molecule has 0 radical (unpaired) electrons. The number of nitrogens with zero attached hydrogens (tertiary/aromatic N) is 1. The molecule has 5 rings (SSSR count). The van der Waals surface area contributed by atoms with Crippen molar-refractivity contribution in [1.29, 1.82) is 0 Å². The second-order valence-corrected chi connectivity index (χ2v) is 9.38. The number of Topliss-reactive ketones (excluding diaryl/α,β-unsaturated/α-hetero) is 1. The fourth-order valence-corrected chi connectivity index (χ4v) is 4.86. The van der Waals surface area contributed by atoms with Gasteiger partial charge in [-0.25, -0.2) is 0 Å². The van der Waals surface area contributed by atoms with Crippen LogP contribution in [0, 0.1) is 6.92 Å². The topological polar surface area (TPSA) is 66.5 Å². The van der Waals surface area contributed by atoms with Gasteiger partial charge in [0, 0.05) is 23.7 Å². The van der Waals surface area contributed by atoms with Gasteiger partial charge in [0.1, 0.15) is 18.2 Å². The number of rotatable bonds is 7. The van der Waals surface area contributed by atoms with Crippen LogP contribution in [0.5, 0.6) is 28.7 Å². The number of halogens is 1. The Morgan fingerprint density at radius 3 is 2.49 bits per heavy atom. The molecular weight excluding hydrogens is 494 g/mol. The summed E-state index contributed by atoms with van der Waals surface area (Å²) in [7, 11) is 4.64. The molecule has 0 unspecified atom stereocenters. The van der Waals surface area contributed by atoms with Crippen molar-refractivity contribution in [3.8, 4) is 28.7 Å². The monoisotopic (exact) mass is 521 g/mol. The zero-order valence-electron chi connectivity index (χ0n) is 21.2. The first-order chi connectivity index (χ1) is 17.9. The highest BCUT2D eigenvalue weighted by molar-refractivity contribution is 6.30. The first-order valence-corrected chi connectivity index (χ1v) is 12.3. The SMILES string of the molecule is COc1ccc(/C=C2/Oc3c4c(cc(C)c3C2=O)OCN(CCc2ccc(Cl)cc2)C4)c(OC)c1OC. The molecule has 0 aliphatic carbocycles. The number of ether oxygens (including phenoxy) is 5. The van der Waals surface area contributed by atoms with Gasteiger partial charge in [-0.05, 0) is 60.9 Å². The van der Waals surface area contributed by atoms with Crippen LogP contribution in [-0.4, -0.2) is 45.3 Å². The number of methoxy groups -OCH3 is 3. The number of carbonyl (C=O) groups excluding carboxylic acids is 1. The second-order valence-electron chi connectivity index (χ2n) is 8.94. The number of aryl methyl sites for hydroxylation is 1. The molecule has 2 aliphatic rings. The maximum atomic E-state index is 13.4. The summed E-state index contributed by atoms with van der Waals surface area (Å²) < 4.78 is 28.7. The van der Waals surface area contributed by atoms with Crippen LogP contribution in [0.2, 0.25) is 5.02 Å². The van der Waals surface area contributed by atoms with Gasteiger partial charge in [-0.1, -0.05) is 23.7 Å². The van der Waals surface area contributed by atoms with Crippen LogP contribution in [0.15, 0.2) is 48.2 Å². The van der Waals surface area contributed by atoms with Crippen molar-refractivity contribution in [1.82, 2.24) is 4.90 Å². The van der Waals surface area contributed by atoms with E-state index in [1.165, 1.54) is 5.56 Å². The molecule has 0 amide bonds. The van der Waals surface area contributed by atoms with Crippen LogP contribution in [-0.2, 0) is 13.0 Å². The summed E-state index contributed by atoms with van der Waals surface area (Å²) in [5, 5.41) is 0.723. The van der Waals surface area contributed by atoms with Crippen LogP contribution in [0.3, 0.4) is 0 Å². The lowest BCUT2D eigenvalue weighted by Gasteiger charge is -2.30. The first kappa shape index (κ1) is 25.0. The molecule has 192 valence electrons. The van der Waals surface area contributed by atoms with Crippen molar-refractivity contribution < 1.29 is 28.5 Å². The van der Waals surface area contributed by atoms with E-state index in [0.717, 1.165) is 34.9 Å². The summed E-state index contributed by atoms with van der Waals surface area (Å²) >= 11 is 6.01. The van der Waals surface area contributed by atoms with E-state index in [2.05, 4.69) is 4.90 Å². The molecule has 8 heteroatoms. The molecule has 2 aliphatic heterocycles. The van der Waals surface area contributed by atoms with Crippen LogP contribution < -0.4 is 23.7 Å². The Balaban J connectivity index is 1.43. The number of carbonyl (C=O) groups is 1. The first-order valence-electron chi connectivity index (χ1n) is 11.9. The van der Waals surface area contributed by atoms with Crippen molar-refractivity contribution in [2.45, 2.75) is 19.9 Å². The molecule has 3 aromatic rings. The summed E-state index contributed by atoms with van der Waals surface area (Å²) in [6.45, 7) is 3.78. The zero-order valence-corrected chi connectivity index (χ0v) is 22.0. The molecule has 0 N–H and O–H groups in total. The Hall–Kier alpha value is -3.68. The highest BCUT2D eigenvalue weighted by Gasteiger charge is 2.35. The van der Waals surface area contributed by atoms with Crippen molar-refractivity contribution in [2.75, 3.05) is 34.6 Å². The Kier molecular flexibility index (Phi) is 7.00. The van der Waals surface area contributed by atoms with Crippen LogP contribution in [0.25, 0.3) is 6.08 Å². The highest BCUT2D eigenvalue weighted by Crippen LogP contribution is 2.45. The van der Waals surface area contributed by atoms with Crippen LogP contribution in [0.4, 0.5) is 0 Å². The van der Waals surface area contributed by atoms with E-state index in [9.17, 15) is 4.79 Å². The van der Waals surface area contributed by atoms with Gasteiger partial charge in [-0.3, -0.25) is 9.69 Å². The number of ketones is 1. The van der Waals surface area contributed by atoms with Crippen LogP contribution >= 0.6 is 11.6 Å². The fraction of sp³-hybridized carbons (Fsp3) is 0.276. The van der Waals surface area contributed by atoms with Gasteiger partial charge in [-0.15, -0.1) is 0 Å². The van der Waals surface area contributed by atoms with E-state index in [4.69, 9.17) is 35.3 Å². The standard InChI is InChI=1S/C29H28ClNO6/c1-17-13-23-21(15-31(16-36-23)12-11-18-5-8-20(30)9-6-18)28-25(17)26(32)24(37-28)14-19-7-10-22(33-2)29(35-4)27(19)34-3/h5-10,13-14H,11-12,15-16H2,1-4H3/b24-14+. The molecule has 3 aromatic carbocycles. The number of hydrogen-bond acceptors (Lipinski definition) is 7. The smallest absolute Gasteiger partial charge is 0.232 e. The third-order valence-electron chi connectivity index (χ3n) is 6.64. The molecule has 0 aromatic heterocycles. The summed E-state index contributed by atoms with van der Waals surface area (Å²) in [6, 6.07) is 13.3. The van der Waals surface area contributed by atoms with Crippen LogP contribution in [0.1, 0.15) is 32.6 Å². The maximum absolute atomic E-state index is 13.4. The Morgan fingerprint density at radius 1 is 1.03 bits per heavy atom. The number of benzene rings is 3. The summed E-state index contributed by atoms with van der Waals surface area (Å²) in [5.41, 5.74) is 4.09. The van der Waals surface area contributed by atoms with Crippen molar-refractivity contribution >= 4 is 23.5 Å². The summed E-state index contributed by atoms with van der Waals surface area (Å²) in [4.78, 5) is 15.6. The Morgan fingerprint density at radius 2 is 1.78 bits per heavy atom. The van der Waals surface area contributed by atoms with E-state index in [-0.39, 0.29) is 11.5 Å². The zero-order chi connectivity index (χ0) is 26.1. The lowest BCUT2D eigenvalue weighted by Crippen LogP contribution is -2.33. The van der Waals surface area contributed by atoms with Gasteiger partial charge < -0.3 is 23.7 Å². The van der Waals surface area contributed by atoms with E-state index >= 15 is 0 Å². The van der Waals surface area contributed by atoms with Gasteiger partial charge in [0.05, 0.1) is 32.5 Å². The molecule has 0 atom stereocenters. The number of allylic oxidation sites excluding steroid dienone is 1. The predicted molar refractivity (Wildman–Crippen MR) is 141 cm³/mol. The normalized spacial score (nSPS) is 15.6. The molecule has 0 saturated heterocycles. The Labute approximate surface area is 221 Å². The lowest BCUT2D eigenvalue weighted by atomic mass is 9.98. The molecular formula is C29H28ClNO6. The fourth-order valence-electron chi connectivity index (χ4n) is 4.74. The maximum Gasteiger partial charge on any atom is 0.232 e. The third-order valence-corrected chi connectivity index (χ3v) is 6.89. The second kappa shape index (κ2) is 10.4. The largest absolute Gasteiger partial charge is 0.493 e. The average Bonchev–Trinajstić information content (AvgIpc) is 3.24. The van der Waals surface area contributed by atoms with Crippen molar-refractivity contribution in [3.63, 3.8) is 0 Å². The number of fused-ring (bicyclic) bond motifs is 3. The summed E-state index contributed by atoms with van der Waals surface area (Å²) in [5.74, 6) is 2.78. The molecule has 2 heterocycles. The predicted octanol–water partition coefficient (Wildman–Crippen LogP) is 5.69. The van der Waals surface area contributed by atoms with E-state index in [1.807, 2.05) is 37.3 Å². The van der Waals surface area contributed by atoms with Gasteiger partial charge in [0.2, 0.25) is 11.5 Å². The van der Waals surface area contributed by atoms with E-state index < -0.39 is 0 Å². The third kappa shape index (κ3) is 4.72. The minimum atomic E-state index is -0.176. The molecule has 0 spiro atoms. The van der Waals surface area contributed by atoms with E-state index in [0.29, 0.717) is 47.4 Å². The lowest BCUT2D eigenvalue weighted by molar-refractivity contribution is 0.0949. The minimum Gasteiger partial charge on any atom is -0.493 e. The molecule has 7 nitrogen and oxygen atoms in total. The van der Waals surface area contributed by atoms with Crippen molar-refractivity contribution in [2.24, 2.45) is 0 Å². The molecule has 0 bridgehead atoms. The summed E-state index contributed by atoms with van der Waals surface area (Å²) in [6.07, 6.45) is 2.53. The Bertz CT molecular complexity index is 1380. The van der Waals surface area contributed by atoms with Gasteiger partial charge in [0.25, 0.3) is 0 Å².